The highest BCUT2D eigenvalue weighted by molar-refractivity contribution is 6.12. The molecule has 0 saturated carbocycles. The van der Waals surface area contributed by atoms with Gasteiger partial charge in [-0.15, -0.1) is 0 Å². The van der Waals surface area contributed by atoms with Crippen LogP contribution in [0.3, 0.4) is 0 Å². The average molecular weight is 461 g/mol. The number of carbonyl (C=O) groups is 1. The minimum atomic E-state index is -0.831. The van der Waals surface area contributed by atoms with Gasteiger partial charge in [-0.05, 0) is 48.4 Å². The third-order valence-corrected chi connectivity index (χ3v) is 5.41. The number of carbonyl (C=O) groups excluding carboxylic acids is 1. The van der Waals surface area contributed by atoms with Crippen molar-refractivity contribution in [2.75, 3.05) is 12.3 Å². The van der Waals surface area contributed by atoms with E-state index in [0.29, 0.717) is 11.1 Å². The molecule has 0 aliphatic carbocycles. The highest BCUT2D eigenvalue weighted by Crippen LogP contribution is 2.39. The second-order valence-electron chi connectivity index (χ2n) is 7.55. The second kappa shape index (κ2) is 8.00. The smallest absolute Gasteiger partial charge is 0.362 e. The number of aromatic nitrogens is 2. The number of esters is 1. The summed E-state index contributed by atoms with van der Waals surface area (Å²) < 4.78 is 17.9. The summed E-state index contributed by atoms with van der Waals surface area (Å²) in [5, 5.41) is 19.3. The van der Waals surface area contributed by atoms with Gasteiger partial charge in [0.15, 0.2) is 0 Å². The van der Waals surface area contributed by atoms with Crippen molar-refractivity contribution in [1.29, 1.82) is 0 Å². The third-order valence-electron chi connectivity index (χ3n) is 5.41. The molecule has 1 aliphatic rings. The molecule has 172 valence electrons. The number of anilines is 1. The lowest BCUT2D eigenvalue weighted by Gasteiger charge is -2.21. The van der Waals surface area contributed by atoms with Crippen LogP contribution in [0, 0.1) is 0 Å². The molecule has 0 radical (unpaired) electrons. The number of hydrogen-bond acceptors (Lipinski definition) is 9. The van der Waals surface area contributed by atoms with Crippen LogP contribution < -0.4 is 22.3 Å². The van der Waals surface area contributed by atoms with Gasteiger partial charge in [0.25, 0.3) is 6.01 Å². The highest BCUT2D eigenvalue weighted by Gasteiger charge is 2.39. The minimum absolute atomic E-state index is 0.0378. The molecule has 3 heterocycles. The molecule has 1 unspecified atom stereocenters. The molecule has 34 heavy (non-hydrogen) atoms. The van der Waals surface area contributed by atoms with Crippen molar-refractivity contribution < 1.29 is 28.6 Å². The van der Waals surface area contributed by atoms with Crippen LogP contribution in [0.5, 0.6) is 11.5 Å². The maximum atomic E-state index is 13.1. The Morgan fingerprint density at radius 1 is 1.12 bits per heavy atom. The fourth-order valence-corrected chi connectivity index (χ4v) is 3.97. The van der Waals surface area contributed by atoms with E-state index in [-0.39, 0.29) is 52.2 Å². The summed E-state index contributed by atoms with van der Waals surface area (Å²) in [5.74, 6) is -1.30. The first-order valence-corrected chi connectivity index (χ1v) is 10.4. The van der Waals surface area contributed by atoms with E-state index < -0.39 is 17.5 Å². The number of hydrogen-bond donors (Lipinski definition) is 3. The molecule has 10 heteroatoms. The summed E-state index contributed by atoms with van der Waals surface area (Å²) in [6.45, 7) is 1.76. The van der Waals surface area contributed by atoms with E-state index in [0.717, 1.165) is 0 Å². The van der Waals surface area contributed by atoms with Crippen molar-refractivity contribution in [1.82, 2.24) is 9.55 Å². The lowest BCUT2D eigenvalue weighted by atomic mass is 9.87. The third kappa shape index (κ3) is 3.41. The van der Waals surface area contributed by atoms with E-state index in [1.54, 1.807) is 31.2 Å². The van der Waals surface area contributed by atoms with Crippen molar-refractivity contribution in [3.8, 4) is 17.4 Å². The number of benzene rings is 2. The molecule has 1 aliphatic heterocycles. The largest absolute Gasteiger partial charge is 0.508 e. The molecule has 0 fully saturated rings. The van der Waals surface area contributed by atoms with Gasteiger partial charge in [-0.3, -0.25) is 0 Å². The van der Waals surface area contributed by atoms with Crippen LogP contribution in [0.25, 0.3) is 17.5 Å². The number of phenolic OH excluding ortho intramolecular Hbond substituents is 2. The molecule has 1 atom stereocenters. The number of nitrogen functional groups attached to an aromatic ring is 1. The van der Waals surface area contributed by atoms with E-state index in [9.17, 15) is 19.8 Å². The van der Waals surface area contributed by atoms with Crippen molar-refractivity contribution in [2.45, 2.75) is 12.8 Å². The molecule has 2 aromatic carbocycles. The Balaban J connectivity index is 1.88. The fraction of sp³-hybridized carbons (Fsp3) is 0.125. The Bertz CT molecular complexity index is 1580. The maximum absolute atomic E-state index is 13.1. The zero-order chi connectivity index (χ0) is 24.0. The Morgan fingerprint density at radius 3 is 2.41 bits per heavy atom. The first-order valence-electron chi connectivity index (χ1n) is 10.4. The summed E-state index contributed by atoms with van der Waals surface area (Å²) in [6.07, 6.45) is 1.53. The highest BCUT2D eigenvalue weighted by atomic mass is 16.5. The second-order valence-corrected chi connectivity index (χ2v) is 7.55. The SMILES string of the molecule is CCOC(=O)C1=c2oc(=O)/c(=C\c3ccc(O)cc3)n2-c2oc(N)nc2C1c1ccc(O)cc1. The predicted octanol–water partition coefficient (Wildman–Crippen LogP) is 1.10. The van der Waals surface area contributed by atoms with Crippen LogP contribution in [0.2, 0.25) is 0 Å². The van der Waals surface area contributed by atoms with Crippen molar-refractivity contribution in [2.24, 2.45) is 0 Å². The quantitative estimate of drug-likeness (QED) is 0.379. The van der Waals surface area contributed by atoms with E-state index in [1.807, 2.05) is 0 Å². The monoisotopic (exact) mass is 461 g/mol. The molecule has 0 bridgehead atoms. The lowest BCUT2D eigenvalue weighted by Crippen LogP contribution is -2.37. The number of oxazole rings is 2. The van der Waals surface area contributed by atoms with Crippen LogP contribution in [-0.2, 0) is 9.53 Å². The van der Waals surface area contributed by atoms with Gasteiger partial charge in [-0.25, -0.2) is 14.2 Å². The molecule has 0 amide bonds. The molecule has 4 aromatic rings. The van der Waals surface area contributed by atoms with Crippen LogP contribution in [-0.4, -0.2) is 32.3 Å². The first kappa shape index (κ1) is 21.1. The molecule has 5 rings (SSSR count). The van der Waals surface area contributed by atoms with Gasteiger partial charge in [0.1, 0.15) is 28.1 Å². The number of rotatable bonds is 4. The van der Waals surface area contributed by atoms with Crippen molar-refractivity contribution in [3.63, 3.8) is 0 Å². The van der Waals surface area contributed by atoms with Gasteiger partial charge < -0.3 is 29.5 Å². The van der Waals surface area contributed by atoms with Crippen molar-refractivity contribution in [3.05, 3.63) is 86.7 Å². The van der Waals surface area contributed by atoms with Crippen LogP contribution in [0.1, 0.15) is 29.7 Å². The summed E-state index contributed by atoms with van der Waals surface area (Å²) >= 11 is 0. The number of nitrogens with zero attached hydrogens (tertiary/aromatic N) is 2. The van der Waals surface area contributed by atoms with Crippen molar-refractivity contribution >= 4 is 23.6 Å². The molecular formula is C24H19N3O7. The van der Waals surface area contributed by atoms with Gasteiger partial charge in [0, 0.05) is 0 Å². The summed E-state index contributed by atoms with van der Waals surface area (Å²) in [7, 11) is 0. The average Bonchev–Trinajstić information content (AvgIpc) is 3.34. The van der Waals surface area contributed by atoms with E-state index in [4.69, 9.17) is 19.3 Å². The number of fused-ring (bicyclic) bond motifs is 3. The van der Waals surface area contributed by atoms with E-state index >= 15 is 0 Å². The summed E-state index contributed by atoms with van der Waals surface area (Å²) in [5.41, 5.74) is 6.58. The van der Waals surface area contributed by atoms with Gasteiger partial charge in [-0.2, -0.15) is 4.98 Å². The van der Waals surface area contributed by atoms with Crippen LogP contribution >= 0.6 is 0 Å². The molecular weight excluding hydrogens is 442 g/mol. The predicted molar refractivity (Wildman–Crippen MR) is 120 cm³/mol. The van der Waals surface area contributed by atoms with Gasteiger partial charge in [-0.1, -0.05) is 24.3 Å². The Hall–Kier alpha value is -4.73. The minimum Gasteiger partial charge on any atom is -0.508 e. The Labute approximate surface area is 191 Å². The lowest BCUT2D eigenvalue weighted by molar-refractivity contribution is -0.136. The van der Waals surface area contributed by atoms with Crippen LogP contribution in [0.4, 0.5) is 6.01 Å². The van der Waals surface area contributed by atoms with Gasteiger partial charge in [0.05, 0.1) is 12.5 Å². The Morgan fingerprint density at radius 2 is 1.76 bits per heavy atom. The number of nitrogens with two attached hydrogens (primary N) is 1. The molecule has 4 N–H and O–H groups in total. The van der Waals surface area contributed by atoms with Crippen LogP contribution in [0.15, 0.2) is 62.2 Å². The first-order chi connectivity index (χ1) is 16.4. The van der Waals surface area contributed by atoms with Gasteiger partial charge >= 0.3 is 11.6 Å². The summed E-state index contributed by atoms with van der Waals surface area (Å²) in [6, 6.07) is 12.2. The zero-order valence-corrected chi connectivity index (χ0v) is 17.9. The number of ether oxygens (including phenoxy) is 1. The maximum Gasteiger partial charge on any atom is 0.362 e. The number of phenols is 2. The molecule has 0 spiro atoms. The summed E-state index contributed by atoms with van der Waals surface area (Å²) in [4.78, 5) is 30.4. The molecule has 2 aromatic heterocycles. The topological polar surface area (TPSA) is 154 Å². The number of aromatic hydroxyl groups is 2. The molecule has 10 nitrogen and oxygen atoms in total. The fourth-order valence-electron chi connectivity index (χ4n) is 3.97. The molecule has 0 saturated heterocycles. The van der Waals surface area contributed by atoms with E-state index in [1.165, 1.54) is 34.9 Å². The standard InChI is InChI=1S/C24H19N3O7/c1-2-32-23(31)18-17(13-5-9-15(29)10-6-13)19-21(34-24(25)26-19)27-16(22(30)33-20(18)27)11-12-3-7-14(28)8-4-12/h3-11,17,28-29H,2H2,1H3,(H2,25,26)/b16-11+. The van der Waals surface area contributed by atoms with E-state index in [2.05, 4.69) is 4.98 Å². The van der Waals surface area contributed by atoms with Gasteiger partial charge in [0.2, 0.25) is 11.4 Å². The Kier molecular flexibility index (Phi) is 4.97. The normalized spacial score (nSPS) is 15.1. The zero-order valence-electron chi connectivity index (χ0n) is 17.9.